The van der Waals surface area contributed by atoms with Crippen LogP contribution in [-0.2, 0) is 0 Å². The maximum Gasteiger partial charge on any atom is 0.134 e. The summed E-state index contributed by atoms with van der Waals surface area (Å²) in [5, 5.41) is 0. The highest BCUT2D eigenvalue weighted by Crippen LogP contribution is 2.30. The number of unbranched alkanes of at least 4 members (excludes halogenated alkanes) is 4. The Balaban J connectivity index is 1.11. The molecular formula is C32H30F4O2. The second kappa shape index (κ2) is 13.1. The molecule has 6 heteroatoms. The first-order valence-electron chi connectivity index (χ1n) is 12.8. The van der Waals surface area contributed by atoms with Crippen molar-refractivity contribution in [1.82, 2.24) is 0 Å². The Morgan fingerprint density at radius 2 is 1.00 bits per heavy atom. The molecule has 0 amide bonds. The Morgan fingerprint density at radius 3 is 1.55 bits per heavy atom. The number of halogens is 4. The Bertz CT molecular complexity index is 1350. The number of rotatable bonds is 12. The summed E-state index contributed by atoms with van der Waals surface area (Å²) in [6, 6.07) is 19.5. The summed E-state index contributed by atoms with van der Waals surface area (Å²) in [5.74, 6) is -0.576. The molecule has 0 unspecified atom stereocenters. The lowest BCUT2D eigenvalue weighted by molar-refractivity contribution is 0.292. The molecule has 4 aromatic rings. The molecule has 0 radical (unpaired) electrons. The Labute approximate surface area is 220 Å². The van der Waals surface area contributed by atoms with Crippen molar-refractivity contribution in [3.63, 3.8) is 0 Å². The first-order valence-corrected chi connectivity index (χ1v) is 12.8. The summed E-state index contributed by atoms with van der Waals surface area (Å²) in [5.41, 5.74) is 2.77. The lowest BCUT2D eigenvalue weighted by Crippen LogP contribution is -2.00. The minimum absolute atomic E-state index is 0.344. The number of hydrogen-bond acceptors (Lipinski definition) is 2. The average Bonchev–Trinajstić information content (AvgIpc) is 2.89. The van der Waals surface area contributed by atoms with Gasteiger partial charge in [0.1, 0.15) is 34.8 Å². The fourth-order valence-electron chi connectivity index (χ4n) is 4.30. The van der Waals surface area contributed by atoms with Crippen molar-refractivity contribution in [2.24, 2.45) is 0 Å². The highest BCUT2D eigenvalue weighted by atomic mass is 19.1. The van der Waals surface area contributed by atoms with E-state index in [0.717, 1.165) is 32.1 Å². The summed E-state index contributed by atoms with van der Waals surface area (Å²) in [6.45, 7) is 2.73. The molecule has 0 atom stereocenters. The molecule has 4 aromatic carbocycles. The Morgan fingerprint density at radius 1 is 0.500 bits per heavy atom. The van der Waals surface area contributed by atoms with Crippen molar-refractivity contribution in [2.45, 2.75) is 39.0 Å². The molecule has 0 saturated carbocycles. The molecule has 0 aliphatic carbocycles. The van der Waals surface area contributed by atoms with Gasteiger partial charge in [0.05, 0.1) is 13.2 Å². The summed E-state index contributed by atoms with van der Waals surface area (Å²) in [4.78, 5) is 0. The third-order valence-corrected chi connectivity index (χ3v) is 6.34. The van der Waals surface area contributed by atoms with E-state index in [1.807, 2.05) is 0 Å². The first kappa shape index (κ1) is 27.2. The van der Waals surface area contributed by atoms with Crippen LogP contribution in [-0.4, -0.2) is 13.2 Å². The van der Waals surface area contributed by atoms with Crippen molar-refractivity contribution in [1.29, 1.82) is 0 Å². The van der Waals surface area contributed by atoms with Crippen LogP contribution in [0.4, 0.5) is 17.6 Å². The monoisotopic (exact) mass is 522 g/mol. The maximum atomic E-state index is 14.6. The number of aryl methyl sites for hydroxylation is 1. The van der Waals surface area contributed by atoms with Gasteiger partial charge in [0.2, 0.25) is 0 Å². The van der Waals surface area contributed by atoms with Gasteiger partial charge < -0.3 is 9.47 Å². The van der Waals surface area contributed by atoms with Gasteiger partial charge >= 0.3 is 0 Å². The fourth-order valence-corrected chi connectivity index (χ4v) is 4.30. The molecule has 0 spiro atoms. The largest absolute Gasteiger partial charge is 0.493 e. The number of hydrogen-bond donors (Lipinski definition) is 0. The second-order valence-electron chi connectivity index (χ2n) is 9.21. The van der Waals surface area contributed by atoms with Crippen molar-refractivity contribution in [2.75, 3.05) is 13.2 Å². The SMILES string of the molecule is Cc1cc(F)ccc1-c1ccc(OCCCCCCCOc2ccc(-c3ccc(F)cc3)c(F)c2)cc1F. The summed E-state index contributed by atoms with van der Waals surface area (Å²) >= 11 is 0. The molecular weight excluding hydrogens is 492 g/mol. The van der Waals surface area contributed by atoms with E-state index in [0.29, 0.717) is 52.5 Å². The molecule has 0 N–H and O–H groups in total. The molecule has 0 aliphatic heterocycles. The van der Waals surface area contributed by atoms with E-state index < -0.39 is 11.6 Å². The smallest absolute Gasteiger partial charge is 0.134 e. The molecule has 0 aromatic heterocycles. The number of benzene rings is 4. The van der Waals surface area contributed by atoms with Gasteiger partial charge in [-0.25, -0.2) is 17.6 Å². The summed E-state index contributed by atoms with van der Waals surface area (Å²) in [7, 11) is 0. The predicted octanol–water partition coefficient (Wildman–Crippen LogP) is 9.29. The van der Waals surface area contributed by atoms with Crippen molar-refractivity contribution in [3.05, 3.63) is 108 Å². The third-order valence-electron chi connectivity index (χ3n) is 6.34. The summed E-state index contributed by atoms with van der Waals surface area (Å²) < 4.78 is 66.8. The lowest BCUT2D eigenvalue weighted by atomic mass is 10.00. The van der Waals surface area contributed by atoms with Gasteiger partial charge in [0.25, 0.3) is 0 Å². The van der Waals surface area contributed by atoms with E-state index in [-0.39, 0.29) is 11.6 Å². The molecule has 0 heterocycles. The zero-order valence-corrected chi connectivity index (χ0v) is 21.3. The van der Waals surface area contributed by atoms with Gasteiger partial charge in [-0.2, -0.15) is 0 Å². The lowest BCUT2D eigenvalue weighted by Gasteiger charge is -2.11. The van der Waals surface area contributed by atoms with Gasteiger partial charge in [0, 0.05) is 23.3 Å². The van der Waals surface area contributed by atoms with Crippen molar-refractivity contribution >= 4 is 0 Å². The minimum atomic E-state index is -0.408. The Hall–Kier alpha value is -3.80. The molecule has 2 nitrogen and oxygen atoms in total. The van der Waals surface area contributed by atoms with Crippen LogP contribution in [0.25, 0.3) is 22.3 Å². The van der Waals surface area contributed by atoms with E-state index >= 15 is 0 Å². The molecule has 4 rings (SSSR count). The zero-order valence-electron chi connectivity index (χ0n) is 21.3. The van der Waals surface area contributed by atoms with Gasteiger partial charge in [0.15, 0.2) is 0 Å². The van der Waals surface area contributed by atoms with Gasteiger partial charge in [-0.05, 0) is 85.0 Å². The Kier molecular flexibility index (Phi) is 9.41. The van der Waals surface area contributed by atoms with Crippen LogP contribution in [0.15, 0.2) is 78.9 Å². The minimum Gasteiger partial charge on any atom is -0.493 e. The van der Waals surface area contributed by atoms with Crippen LogP contribution in [0.3, 0.4) is 0 Å². The van der Waals surface area contributed by atoms with Gasteiger partial charge in [-0.3, -0.25) is 0 Å². The predicted molar refractivity (Wildman–Crippen MR) is 142 cm³/mol. The van der Waals surface area contributed by atoms with Crippen LogP contribution in [0.2, 0.25) is 0 Å². The van der Waals surface area contributed by atoms with E-state index in [1.165, 1.54) is 36.4 Å². The topological polar surface area (TPSA) is 18.5 Å². The highest BCUT2D eigenvalue weighted by molar-refractivity contribution is 5.68. The molecule has 0 fully saturated rings. The summed E-state index contributed by atoms with van der Waals surface area (Å²) in [6.07, 6.45) is 4.63. The zero-order chi connectivity index (χ0) is 26.9. The van der Waals surface area contributed by atoms with E-state index in [4.69, 9.17) is 9.47 Å². The first-order chi connectivity index (χ1) is 18.4. The van der Waals surface area contributed by atoms with Gasteiger partial charge in [-0.1, -0.05) is 37.5 Å². The molecule has 198 valence electrons. The van der Waals surface area contributed by atoms with Crippen LogP contribution in [0.5, 0.6) is 11.5 Å². The molecule has 0 aliphatic rings. The highest BCUT2D eigenvalue weighted by Gasteiger charge is 2.10. The molecule has 0 saturated heterocycles. The maximum absolute atomic E-state index is 14.6. The van der Waals surface area contributed by atoms with Crippen molar-refractivity contribution in [3.8, 4) is 33.8 Å². The average molecular weight is 523 g/mol. The number of ether oxygens (including phenoxy) is 2. The second-order valence-corrected chi connectivity index (χ2v) is 9.21. The van der Waals surface area contributed by atoms with E-state index in [1.54, 1.807) is 49.4 Å². The standard InChI is InChI=1S/C32H30F4O2/c1-22-19-25(34)11-14-28(22)30-16-13-27(21-32(30)36)38-18-6-4-2-3-5-17-37-26-12-15-29(31(35)20-26)23-7-9-24(33)10-8-23/h7-16,19-21H,2-6,17-18H2,1H3. The third kappa shape index (κ3) is 7.37. The van der Waals surface area contributed by atoms with Crippen LogP contribution < -0.4 is 9.47 Å². The fraction of sp³-hybridized carbons (Fsp3) is 0.250. The quantitative estimate of drug-likeness (QED) is 0.136. The van der Waals surface area contributed by atoms with E-state index in [9.17, 15) is 17.6 Å². The van der Waals surface area contributed by atoms with Crippen molar-refractivity contribution < 1.29 is 27.0 Å². The van der Waals surface area contributed by atoms with Gasteiger partial charge in [-0.15, -0.1) is 0 Å². The normalized spacial score (nSPS) is 11.0. The van der Waals surface area contributed by atoms with Crippen LogP contribution in [0.1, 0.15) is 37.7 Å². The molecule has 38 heavy (non-hydrogen) atoms. The van der Waals surface area contributed by atoms with Crippen LogP contribution >= 0.6 is 0 Å². The van der Waals surface area contributed by atoms with Crippen LogP contribution in [0, 0.1) is 30.2 Å². The van der Waals surface area contributed by atoms with E-state index in [2.05, 4.69) is 0 Å². The molecule has 0 bridgehead atoms.